The molecule has 0 amide bonds. The first-order valence-electron chi connectivity index (χ1n) is 8.46. The topological polar surface area (TPSA) is 63.2 Å². The van der Waals surface area contributed by atoms with Crippen LogP contribution in [0.5, 0.6) is 5.75 Å². The minimum absolute atomic E-state index is 0.0506. The van der Waals surface area contributed by atoms with Crippen LogP contribution in [0.25, 0.3) is 16.6 Å². The SMILES string of the molecule is COc1ccc2nn(-c3ccc(C#N)cc3)c(/N=C(\C)C(C)(C)C)c2c1. The number of nitrogens with zero attached hydrogens (tertiary/aromatic N) is 4. The summed E-state index contributed by atoms with van der Waals surface area (Å²) in [5.41, 5.74) is 3.28. The van der Waals surface area contributed by atoms with Crippen molar-refractivity contribution in [2.45, 2.75) is 27.7 Å². The van der Waals surface area contributed by atoms with Gasteiger partial charge in [-0.25, -0.2) is 9.67 Å². The van der Waals surface area contributed by atoms with Gasteiger partial charge in [0.2, 0.25) is 0 Å². The van der Waals surface area contributed by atoms with E-state index in [1.54, 1.807) is 19.2 Å². The summed E-state index contributed by atoms with van der Waals surface area (Å²) in [7, 11) is 1.65. The van der Waals surface area contributed by atoms with Crippen LogP contribution in [0.2, 0.25) is 0 Å². The maximum atomic E-state index is 9.03. The number of methoxy groups -OCH3 is 1. The molecule has 0 spiro atoms. The predicted octanol–water partition coefficient (Wildman–Crippen LogP) is 5.04. The van der Waals surface area contributed by atoms with Crippen LogP contribution in [0.3, 0.4) is 0 Å². The molecular formula is C21H22N4O. The van der Waals surface area contributed by atoms with Gasteiger partial charge in [-0.05, 0) is 49.4 Å². The van der Waals surface area contributed by atoms with Crippen LogP contribution < -0.4 is 4.74 Å². The Morgan fingerprint density at radius 2 is 1.85 bits per heavy atom. The molecule has 0 bridgehead atoms. The molecule has 5 nitrogen and oxygen atoms in total. The Morgan fingerprint density at radius 1 is 1.15 bits per heavy atom. The van der Waals surface area contributed by atoms with Crippen molar-refractivity contribution in [3.63, 3.8) is 0 Å². The van der Waals surface area contributed by atoms with Crippen molar-refractivity contribution in [1.29, 1.82) is 5.26 Å². The number of fused-ring (bicyclic) bond motifs is 1. The van der Waals surface area contributed by atoms with Gasteiger partial charge in [0.1, 0.15) is 5.75 Å². The summed E-state index contributed by atoms with van der Waals surface area (Å²) < 4.78 is 7.19. The van der Waals surface area contributed by atoms with Crippen LogP contribution >= 0.6 is 0 Å². The van der Waals surface area contributed by atoms with Crippen molar-refractivity contribution in [3.05, 3.63) is 48.0 Å². The Hall–Kier alpha value is -3.13. The Kier molecular flexibility index (Phi) is 4.52. The zero-order valence-electron chi connectivity index (χ0n) is 15.7. The summed E-state index contributed by atoms with van der Waals surface area (Å²) in [4.78, 5) is 4.91. The van der Waals surface area contributed by atoms with Gasteiger partial charge in [-0.1, -0.05) is 20.8 Å². The van der Waals surface area contributed by atoms with Crippen LogP contribution in [-0.2, 0) is 0 Å². The lowest BCUT2D eigenvalue weighted by molar-refractivity contribution is 0.415. The second kappa shape index (κ2) is 6.64. The van der Waals surface area contributed by atoms with Crippen molar-refractivity contribution in [2.24, 2.45) is 10.4 Å². The molecule has 3 rings (SSSR count). The monoisotopic (exact) mass is 346 g/mol. The summed E-state index contributed by atoms with van der Waals surface area (Å²) in [6.45, 7) is 8.44. The van der Waals surface area contributed by atoms with E-state index in [1.807, 2.05) is 41.9 Å². The van der Waals surface area contributed by atoms with Crippen LogP contribution in [0.4, 0.5) is 5.82 Å². The van der Waals surface area contributed by atoms with Crippen molar-refractivity contribution in [1.82, 2.24) is 9.78 Å². The van der Waals surface area contributed by atoms with Gasteiger partial charge in [0.15, 0.2) is 5.82 Å². The second-order valence-electron chi connectivity index (χ2n) is 7.22. The first-order valence-corrected chi connectivity index (χ1v) is 8.46. The number of nitriles is 1. The lowest BCUT2D eigenvalue weighted by Gasteiger charge is -2.18. The molecule has 0 radical (unpaired) electrons. The van der Waals surface area contributed by atoms with Gasteiger partial charge in [-0.15, -0.1) is 0 Å². The van der Waals surface area contributed by atoms with Crippen LogP contribution in [0.1, 0.15) is 33.3 Å². The molecule has 0 unspecified atom stereocenters. The van der Waals surface area contributed by atoms with Gasteiger partial charge in [-0.2, -0.15) is 10.4 Å². The van der Waals surface area contributed by atoms with E-state index in [2.05, 4.69) is 26.8 Å². The van der Waals surface area contributed by atoms with Crippen molar-refractivity contribution in [2.75, 3.05) is 7.11 Å². The Bertz CT molecular complexity index is 1020. The number of rotatable bonds is 3. The maximum absolute atomic E-state index is 9.03. The molecule has 5 heteroatoms. The largest absolute Gasteiger partial charge is 0.497 e. The van der Waals surface area contributed by atoms with E-state index in [1.165, 1.54) is 0 Å². The minimum atomic E-state index is -0.0506. The van der Waals surface area contributed by atoms with Gasteiger partial charge in [0.25, 0.3) is 0 Å². The highest BCUT2D eigenvalue weighted by atomic mass is 16.5. The van der Waals surface area contributed by atoms with E-state index in [-0.39, 0.29) is 5.41 Å². The summed E-state index contributed by atoms with van der Waals surface area (Å²) in [5, 5.41) is 14.7. The number of benzene rings is 2. The molecule has 0 saturated heterocycles. The molecule has 0 atom stereocenters. The van der Waals surface area contributed by atoms with Gasteiger partial charge in [-0.3, -0.25) is 0 Å². The van der Waals surface area contributed by atoms with E-state index in [4.69, 9.17) is 20.1 Å². The third-order valence-electron chi connectivity index (χ3n) is 4.45. The first-order chi connectivity index (χ1) is 12.3. The predicted molar refractivity (Wildman–Crippen MR) is 105 cm³/mol. The van der Waals surface area contributed by atoms with Crippen molar-refractivity contribution >= 4 is 22.4 Å². The summed E-state index contributed by atoms with van der Waals surface area (Å²) >= 11 is 0. The van der Waals surface area contributed by atoms with E-state index < -0.39 is 0 Å². The fourth-order valence-electron chi connectivity index (χ4n) is 2.47. The third-order valence-corrected chi connectivity index (χ3v) is 4.45. The quantitative estimate of drug-likeness (QED) is 0.624. The zero-order chi connectivity index (χ0) is 18.9. The van der Waals surface area contributed by atoms with E-state index in [0.717, 1.165) is 33.9 Å². The molecule has 1 aromatic heterocycles. The molecule has 2 aromatic carbocycles. The lowest BCUT2D eigenvalue weighted by Crippen LogP contribution is -2.16. The van der Waals surface area contributed by atoms with E-state index in [0.29, 0.717) is 5.56 Å². The molecule has 132 valence electrons. The molecule has 0 fully saturated rings. The van der Waals surface area contributed by atoms with Crippen LogP contribution in [0, 0.1) is 16.7 Å². The zero-order valence-corrected chi connectivity index (χ0v) is 15.7. The molecule has 1 heterocycles. The summed E-state index contributed by atoms with van der Waals surface area (Å²) in [5.74, 6) is 1.53. The van der Waals surface area contributed by atoms with Gasteiger partial charge < -0.3 is 4.74 Å². The number of hydrogen-bond acceptors (Lipinski definition) is 4. The molecule has 0 aliphatic carbocycles. The van der Waals surface area contributed by atoms with Crippen molar-refractivity contribution < 1.29 is 4.74 Å². The van der Waals surface area contributed by atoms with Crippen molar-refractivity contribution in [3.8, 4) is 17.5 Å². The molecular weight excluding hydrogens is 324 g/mol. The molecule has 0 N–H and O–H groups in total. The highest BCUT2D eigenvalue weighted by Crippen LogP contribution is 2.33. The van der Waals surface area contributed by atoms with Crippen LogP contribution in [-0.4, -0.2) is 22.6 Å². The average molecular weight is 346 g/mol. The third kappa shape index (κ3) is 3.31. The molecule has 0 aliphatic heterocycles. The summed E-state index contributed by atoms with van der Waals surface area (Å²) in [6.07, 6.45) is 0. The molecule has 26 heavy (non-hydrogen) atoms. The lowest BCUT2D eigenvalue weighted by atomic mass is 9.91. The van der Waals surface area contributed by atoms with Gasteiger partial charge in [0, 0.05) is 11.1 Å². The average Bonchev–Trinajstić information content (AvgIpc) is 2.98. The maximum Gasteiger partial charge on any atom is 0.163 e. The minimum Gasteiger partial charge on any atom is -0.497 e. The number of hydrogen-bond donors (Lipinski definition) is 0. The molecule has 0 saturated carbocycles. The van der Waals surface area contributed by atoms with Crippen LogP contribution in [0.15, 0.2) is 47.5 Å². The Balaban J connectivity index is 2.27. The standard InChI is InChI=1S/C21H22N4O/c1-14(21(2,3)4)23-20-18-12-17(26-5)10-11-19(18)24-25(20)16-8-6-15(13-22)7-9-16/h6-12H,1-5H3/b23-14+. The number of ether oxygens (including phenoxy) is 1. The normalized spacial score (nSPS) is 12.2. The fraction of sp³-hybridized carbons (Fsp3) is 0.286. The highest BCUT2D eigenvalue weighted by molar-refractivity contribution is 5.96. The van der Waals surface area contributed by atoms with E-state index in [9.17, 15) is 0 Å². The van der Waals surface area contributed by atoms with E-state index >= 15 is 0 Å². The smallest absolute Gasteiger partial charge is 0.163 e. The number of aromatic nitrogens is 2. The Morgan fingerprint density at radius 3 is 2.42 bits per heavy atom. The molecule has 3 aromatic rings. The first kappa shape index (κ1) is 17.7. The molecule has 0 aliphatic rings. The summed E-state index contributed by atoms with van der Waals surface area (Å²) in [6, 6.07) is 15.2. The van der Waals surface area contributed by atoms with Gasteiger partial charge >= 0.3 is 0 Å². The highest BCUT2D eigenvalue weighted by Gasteiger charge is 2.18. The number of aliphatic imine (C=N–C) groups is 1. The van der Waals surface area contributed by atoms with Gasteiger partial charge in [0.05, 0.1) is 35.3 Å². The Labute approximate surface area is 153 Å². The second-order valence-corrected chi connectivity index (χ2v) is 7.22. The fourth-order valence-corrected chi connectivity index (χ4v) is 2.47.